The summed E-state index contributed by atoms with van der Waals surface area (Å²) < 4.78 is 10.5. The van der Waals surface area contributed by atoms with Gasteiger partial charge in [-0.3, -0.25) is 4.79 Å². The van der Waals surface area contributed by atoms with E-state index >= 15 is 0 Å². The molecule has 1 amide bonds. The van der Waals surface area contributed by atoms with Crippen molar-refractivity contribution >= 4 is 11.7 Å². The molecule has 1 heterocycles. The number of hydrogen-bond acceptors (Lipinski definition) is 6. The smallest absolute Gasteiger partial charge is 0.256 e. The average molecular weight is 302 g/mol. The van der Waals surface area contributed by atoms with Gasteiger partial charge in [-0.15, -0.1) is 0 Å². The van der Waals surface area contributed by atoms with Crippen LogP contribution in [-0.2, 0) is 0 Å². The highest BCUT2D eigenvalue weighted by Crippen LogP contribution is 2.31. The van der Waals surface area contributed by atoms with Gasteiger partial charge in [0.1, 0.15) is 17.3 Å². The fourth-order valence-electron chi connectivity index (χ4n) is 1.94. The van der Waals surface area contributed by atoms with Crippen LogP contribution < -0.4 is 20.5 Å². The molecule has 0 aliphatic rings. The van der Waals surface area contributed by atoms with Crippen LogP contribution in [0.5, 0.6) is 11.5 Å². The molecule has 0 aliphatic carbocycles. The Morgan fingerprint density at radius 2 is 2.09 bits per heavy atom. The lowest BCUT2D eigenvalue weighted by atomic mass is 10.1. The van der Waals surface area contributed by atoms with Crippen LogP contribution in [0, 0.1) is 0 Å². The van der Waals surface area contributed by atoms with Crippen molar-refractivity contribution in [3.05, 3.63) is 30.0 Å². The fourth-order valence-corrected chi connectivity index (χ4v) is 1.94. The summed E-state index contributed by atoms with van der Waals surface area (Å²) in [4.78, 5) is 20.2. The summed E-state index contributed by atoms with van der Waals surface area (Å²) in [6.45, 7) is 2.33. The molecule has 0 radical (unpaired) electrons. The second-order valence-corrected chi connectivity index (χ2v) is 4.42. The molecular formula is C15H18N4O3. The van der Waals surface area contributed by atoms with E-state index in [-0.39, 0.29) is 17.3 Å². The Labute approximate surface area is 128 Å². The van der Waals surface area contributed by atoms with Crippen molar-refractivity contribution in [2.45, 2.75) is 6.92 Å². The topological polar surface area (TPSA) is 99.4 Å². The normalized spacial score (nSPS) is 10.1. The van der Waals surface area contributed by atoms with Crippen molar-refractivity contribution in [3.8, 4) is 22.9 Å². The van der Waals surface area contributed by atoms with Crippen LogP contribution in [0.15, 0.2) is 24.4 Å². The average Bonchev–Trinajstić information content (AvgIpc) is 2.54. The molecule has 0 aliphatic heterocycles. The van der Waals surface area contributed by atoms with E-state index in [1.165, 1.54) is 6.20 Å². The first-order valence-corrected chi connectivity index (χ1v) is 6.73. The number of ether oxygens (including phenoxy) is 2. The Hall–Kier alpha value is -2.83. The standard InChI is InChI=1S/C15H18N4O3/c1-4-17-15(20)11-8-18-14(19-13(11)16)10-6-5-9(21-2)7-12(10)22-3/h5-8H,4H2,1-3H3,(H,17,20)(H2,16,18,19). The molecule has 0 spiro atoms. The summed E-state index contributed by atoms with van der Waals surface area (Å²) in [5.41, 5.74) is 6.77. The Balaban J connectivity index is 2.42. The van der Waals surface area contributed by atoms with Gasteiger partial charge in [0.2, 0.25) is 0 Å². The number of amides is 1. The van der Waals surface area contributed by atoms with Crippen molar-refractivity contribution in [2.75, 3.05) is 26.5 Å². The predicted octanol–water partition coefficient (Wildman–Crippen LogP) is 1.49. The number of carbonyl (C=O) groups excluding carboxylic acids is 1. The van der Waals surface area contributed by atoms with Gasteiger partial charge in [-0.05, 0) is 19.1 Å². The SMILES string of the molecule is CCNC(=O)c1cnc(-c2ccc(OC)cc2OC)nc1N. The maximum absolute atomic E-state index is 11.8. The van der Waals surface area contributed by atoms with Gasteiger partial charge in [0.15, 0.2) is 5.82 Å². The van der Waals surface area contributed by atoms with Crippen molar-refractivity contribution < 1.29 is 14.3 Å². The minimum Gasteiger partial charge on any atom is -0.497 e. The lowest BCUT2D eigenvalue weighted by Gasteiger charge is -2.11. The molecule has 0 bridgehead atoms. The van der Waals surface area contributed by atoms with E-state index in [4.69, 9.17) is 15.2 Å². The third kappa shape index (κ3) is 3.08. The number of aromatic nitrogens is 2. The molecule has 2 aromatic rings. The summed E-state index contributed by atoms with van der Waals surface area (Å²) in [5.74, 6) is 1.42. The minimum absolute atomic E-state index is 0.119. The number of nitrogen functional groups attached to an aromatic ring is 1. The second-order valence-electron chi connectivity index (χ2n) is 4.42. The zero-order chi connectivity index (χ0) is 16.1. The maximum Gasteiger partial charge on any atom is 0.256 e. The summed E-state index contributed by atoms with van der Waals surface area (Å²) >= 11 is 0. The number of nitrogens with zero attached hydrogens (tertiary/aromatic N) is 2. The molecule has 2 rings (SSSR count). The van der Waals surface area contributed by atoms with Crippen LogP contribution in [0.2, 0.25) is 0 Å². The van der Waals surface area contributed by atoms with Crippen LogP contribution >= 0.6 is 0 Å². The number of carbonyl (C=O) groups is 1. The van der Waals surface area contributed by atoms with Gasteiger partial charge in [0, 0.05) is 18.8 Å². The van der Waals surface area contributed by atoms with E-state index in [1.807, 2.05) is 6.92 Å². The molecule has 116 valence electrons. The van der Waals surface area contributed by atoms with Crippen LogP contribution in [0.4, 0.5) is 5.82 Å². The fraction of sp³-hybridized carbons (Fsp3) is 0.267. The van der Waals surface area contributed by atoms with Crippen LogP contribution in [-0.4, -0.2) is 36.6 Å². The number of hydrogen-bond donors (Lipinski definition) is 2. The minimum atomic E-state index is -0.298. The molecule has 22 heavy (non-hydrogen) atoms. The number of benzene rings is 1. The number of rotatable bonds is 5. The first-order valence-electron chi connectivity index (χ1n) is 6.73. The molecular weight excluding hydrogens is 284 g/mol. The molecule has 3 N–H and O–H groups in total. The molecule has 0 unspecified atom stereocenters. The molecule has 7 heteroatoms. The maximum atomic E-state index is 11.8. The number of anilines is 1. The number of methoxy groups -OCH3 is 2. The van der Waals surface area contributed by atoms with Gasteiger partial charge < -0.3 is 20.5 Å². The molecule has 0 fully saturated rings. The van der Waals surface area contributed by atoms with E-state index in [9.17, 15) is 4.79 Å². The summed E-state index contributed by atoms with van der Waals surface area (Å²) in [6.07, 6.45) is 1.41. The van der Waals surface area contributed by atoms with Crippen molar-refractivity contribution in [1.29, 1.82) is 0 Å². The molecule has 0 atom stereocenters. The third-order valence-electron chi connectivity index (χ3n) is 3.05. The molecule has 7 nitrogen and oxygen atoms in total. The first kappa shape index (κ1) is 15.6. The molecule has 0 saturated heterocycles. The van der Waals surface area contributed by atoms with Crippen LogP contribution in [0.25, 0.3) is 11.4 Å². The van der Waals surface area contributed by atoms with E-state index < -0.39 is 0 Å². The molecule has 1 aromatic carbocycles. The van der Waals surface area contributed by atoms with Gasteiger partial charge in [-0.25, -0.2) is 9.97 Å². The highest BCUT2D eigenvalue weighted by molar-refractivity contribution is 5.98. The Kier molecular flexibility index (Phi) is 4.77. The highest BCUT2D eigenvalue weighted by atomic mass is 16.5. The molecule has 1 aromatic heterocycles. The van der Waals surface area contributed by atoms with Gasteiger partial charge in [0.25, 0.3) is 5.91 Å². The zero-order valence-corrected chi connectivity index (χ0v) is 12.7. The van der Waals surface area contributed by atoms with Gasteiger partial charge in [-0.1, -0.05) is 0 Å². The number of nitrogens with one attached hydrogen (secondary N) is 1. The van der Waals surface area contributed by atoms with Gasteiger partial charge in [0.05, 0.1) is 25.3 Å². The summed E-state index contributed by atoms with van der Waals surface area (Å²) in [6, 6.07) is 5.28. The highest BCUT2D eigenvalue weighted by Gasteiger charge is 2.15. The Morgan fingerprint density at radius 1 is 1.32 bits per heavy atom. The van der Waals surface area contributed by atoms with Crippen LogP contribution in [0.3, 0.4) is 0 Å². The zero-order valence-electron chi connectivity index (χ0n) is 12.7. The quantitative estimate of drug-likeness (QED) is 0.868. The second kappa shape index (κ2) is 6.75. The van der Waals surface area contributed by atoms with E-state index in [0.29, 0.717) is 29.4 Å². The Bertz CT molecular complexity index is 688. The van der Waals surface area contributed by atoms with E-state index in [2.05, 4.69) is 15.3 Å². The lowest BCUT2D eigenvalue weighted by Crippen LogP contribution is -2.24. The predicted molar refractivity (Wildman–Crippen MR) is 83.0 cm³/mol. The van der Waals surface area contributed by atoms with Crippen molar-refractivity contribution in [3.63, 3.8) is 0 Å². The first-order chi connectivity index (χ1) is 10.6. The monoisotopic (exact) mass is 302 g/mol. The molecule has 0 saturated carbocycles. The number of nitrogens with two attached hydrogens (primary N) is 1. The largest absolute Gasteiger partial charge is 0.497 e. The third-order valence-corrected chi connectivity index (χ3v) is 3.05. The lowest BCUT2D eigenvalue weighted by molar-refractivity contribution is 0.0956. The van der Waals surface area contributed by atoms with E-state index in [0.717, 1.165) is 0 Å². The van der Waals surface area contributed by atoms with Gasteiger partial charge >= 0.3 is 0 Å². The van der Waals surface area contributed by atoms with Crippen molar-refractivity contribution in [2.24, 2.45) is 0 Å². The van der Waals surface area contributed by atoms with E-state index in [1.54, 1.807) is 32.4 Å². The van der Waals surface area contributed by atoms with Gasteiger partial charge in [-0.2, -0.15) is 0 Å². The van der Waals surface area contributed by atoms with Crippen LogP contribution in [0.1, 0.15) is 17.3 Å². The van der Waals surface area contributed by atoms with Crippen molar-refractivity contribution in [1.82, 2.24) is 15.3 Å². The summed E-state index contributed by atoms with van der Waals surface area (Å²) in [7, 11) is 3.12. The Morgan fingerprint density at radius 3 is 2.68 bits per heavy atom. The summed E-state index contributed by atoms with van der Waals surface area (Å²) in [5, 5.41) is 2.66.